The lowest BCUT2D eigenvalue weighted by Crippen LogP contribution is -2.54. The topological polar surface area (TPSA) is 51.4 Å². The smallest absolute Gasteiger partial charge is 0.136 e. The normalized spacial score (nSPS) is 22.8. The predicted octanol–water partition coefficient (Wildman–Crippen LogP) is 3.53. The van der Waals surface area contributed by atoms with Crippen molar-refractivity contribution >= 4 is 22.7 Å². The molecule has 0 radical (unpaired) electrons. The van der Waals surface area contributed by atoms with E-state index >= 15 is 0 Å². The van der Waals surface area contributed by atoms with Crippen molar-refractivity contribution in [3.63, 3.8) is 0 Å². The standard InChI is InChI=1S/C17H24N4S/c1-16(2)9-12-13(10-18)15(19-11-21-7-5-6-8-21)22-14(12)17(3,4)20-16/h11,20H,5-9H2,1-4H3/b19-11+. The summed E-state index contributed by atoms with van der Waals surface area (Å²) in [5.74, 6) is 0. The van der Waals surface area contributed by atoms with Crippen LogP contribution in [-0.4, -0.2) is 29.9 Å². The van der Waals surface area contributed by atoms with E-state index in [4.69, 9.17) is 0 Å². The highest BCUT2D eigenvalue weighted by Crippen LogP contribution is 2.45. The minimum atomic E-state index is -0.116. The van der Waals surface area contributed by atoms with Crippen LogP contribution in [0.25, 0.3) is 0 Å². The summed E-state index contributed by atoms with van der Waals surface area (Å²) >= 11 is 1.67. The minimum Gasteiger partial charge on any atom is -0.363 e. The third kappa shape index (κ3) is 2.78. The van der Waals surface area contributed by atoms with Gasteiger partial charge in [0.15, 0.2) is 0 Å². The third-order valence-corrected chi connectivity index (χ3v) is 5.88. The van der Waals surface area contributed by atoms with E-state index in [9.17, 15) is 5.26 Å². The van der Waals surface area contributed by atoms with Crippen molar-refractivity contribution in [1.29, 1.82) is 5.26 Å². The number of nitrogens with zero attached hydrogens (tertiary/aromatic N) is 3. The van der Waals surface area contributed by atoms with Crippen LogP contribution >= 0.6 is 11.3 Å². The molecule has 2 aliphatic rings. The number of nitriles is 1. The number of thiophene rings is 1. The zero-order chi connectivity index (χ0) is 16.0. The third-order valence-electron chi connectivity index (χ3n) is 4.42. The molecule has 1 saturated heterocycles. The summed E-state index contributed by atoms with van der Waals surface area (Å²) in [4.78, 5) is 8.15. The van der Waals surface area contributed by atoms with Gasteiger partial charge in [-0.15, -0.1) is 11.3 Å². The Hall–Kier alpha value is -1.38. The molecule has 5 heteroatoms. The van der Waals surface area contributed by atoms with Gasteiger partial charge in [0.2, 0.25) is 0 Å². The second-order valence-corrected chi connectivity index (χ2v) is 8.50. The maximum Gasteiger partial charge on any atom is 0.136 e. The molecule has 1 aromatic heterocycles. The fraction of sp³-hybridized carbons (Fsp3) is 0.647. The number of hydrogen-bond acceptors (Lipinski definition) is 4. The van der Waals surface area contributed by atoms with Crippen molar-refractivity contribution in [2.45, 2.75) is 58.0 Å². The van der Waals surface area contributed by atoms with Gasteiger partial charge in [-0.05, 0) is 52.5 Å². The van der Waals surface area contributed by atoms with Crippen LogP contribution in [0.2, 0.25) is 0 Å². The molecule has 0 bridgehead atoms. The Bertz CT molecular complexity index is 642. The average molecular weight is 316 g/mol. The SMILES string of the molecule is CC1(C)Cc2c(sc(/N=C/N3CCCC3)c2C#N)C(C)(C)N1. The molecule has 2 aliphatic heterocycles. The first-order valence-corrected chi connectivity index (χ1v) is 8.78. The lowest BCUT2D eigenvalue weighted by Gasteiger charge is -2.42. The number of rotatable bonds is 2. The molecule has 0 amide bonds. The van der Waals surface area contributed by atoms with Crippen molar-refractivity contribution < 1.29 is 0 Å². The van der Waals surface area contributed by atoms with E-state index in [1.54, 1.807) is 11.3 Å². The molecular weight excluding hydrogens is 292 g/mol. The maximum absolute atomic E-state index is 9.64. The number of fused-ring (bicyclic) bond motifs is 1. The molecule has 1 aromatic rings. The van der Waals surface area contributed by atoms with Crippen LogP contribution < -0.4 is 5.32 Å². The second kappa shape index (κ2) is 5.36. The number of aliphatic imine (C=N–C) groups is 1. The molecule has 1 fully saturated rings. The molecule has 3 heterocycles. The van der Waals surface area contributed by atoms with Crippen LogP contribution in [0.15, 0.2) is 4.99 Å². The lowest BCUT2D eigenvalue weighted by molar-refractivity contribution is 0.247. The Morgan fingerprint density at radius 3 is 2.59 bits per heavy atom. The van der Waals surface area contributed by atoms with E-state index < -0.39 is 0 Å². The van der Waals surface area contributed by atoms with E-state index in [0.29, 0.717) is 0 Å². The zero-order valence-corrected chi connectivity index (χ0v) is 14.7. The van der Waals surface area contributed by atoms with Crippen LogP contribution in [-0.2, 0) is 12.0 Å². The summed E-state index contributed by atoms with van der Waals surface area (Å²) in [5, 5.41) is 14.2. The van der Waals surface area contributed by atoms with Gasteiger partial charge in [-0.3, -0.25) is 0 Å². The highest BCUT2D eigenvalue weighted by molar-refractivity contribution is 7.16. The van der Waals surface area contributed by atoms with Gasteiger partial charge in [0.1, 0.15) is 11.1 Å². The Kier molecular flexibility index (Phi) is 3.78. The lowest BCUT2D eigenvalue weighted by atomic mass is 9.81. The largest absolute Gasteiger partial charge is 0.363 e. The van der Waals surface area contributed by atoms with Crippen LogP contribution in [0.1, 0.15) is 56.5 Å². The molecule has 3 rings (SSSR count). The van der Waals surface area contributed by atoms with Gasteiger partial charge >= 0.3 is 0 Å². The van der Waals surface area contributed by atoms with Gasteiger partial charge in [-0.1, -0.05) is 0 Å². The predicted molar refractivity (Wildman–Crippen MR) is 91.9 cm³/mol. The zero-order valence-electron chi connectivity index (χ0n) is 13.9. The van der Waals surface area contributed by atoms with Gasteiger partial charge in [-0.25, -0.2) is 4.99 Å². The molecule has 1 N–H and O–H groups in total. The van der Waals surface area contributed by atoms with Crippen molar-refractivity contribution in [3.8, 4) is 6.07 Å². The van der Waals surface area contributed by atoms with E-state index in [-0.39, 0.29) is 11.1 Å². The molecule has 22 heavy (non-hydrogen) atoms. The summed E-state index contributed by atoms with van der Waals surface area (Å²) in [5.41, 5.74) is 1.85. The first-order valence-electron chi connectivity index (χ1n) is 7.96. The summed E-state index contributed by atoms with van der Waals surface area (Å²) in [6, 6.07) is 2.41. The van der Waals surface area contributed by atoms with Crippen LogP contribution in [0.5, 0.6) is 0 Å². The maximum atomic E-state index is 9.64. The number of likely N-dealkylation sites (tertiary alicyclic amines) is 1. The molecule has 0 atom stereocenters. The number of hydrogen-bond donors (Lipinski definition) is 1. The van der Waals surface area contributed by atoms with Crippen LogP contribution in [0.4, 0.5) is 5.00 Å². The first kappa shape index (κ1) is 15.5. The average Bonchev–Trinajstić information content (AvgIpc) is 3.01. The van der Waals surface area contributed by atoms with Gasteiger partial charge < -0.3 is 10.2 Å². The second-order valence-electron chi connectivity index (χ2n) is 7.50. The minimum absolute atomic E-state index is 0.000883. The van der Waals surface area contributed by atoms with Gasteiger partial charge in [-0.2, -0.15) is 5.26 Å². The molecule has 0 unspecified atom stereocenters. The van der Waals surface area contributed by atoms with Crippen molar-refractivity contribution in [2.75, 3.05) is 13.1 Å². The molecule has 0 aliphatic carbocycles. The Morgan fingerprint density at radius 1 is 1.27 bits per heavy atom. The highest BCUT2D eigenvalue weighted by atomic mass is 32.1. The van der Waals surface area contributed by atoms with Gasteiger partial charge in [0, 0.05) is 29.0 Å². The first-order chi connectivity index (χ1) is 10.3. The summed E-state index contributed by atoms with van der Waals surface area (Å²) < 4.78 is 0. The van der Waals surface area contributed by atoms with Crippen LogP contribution in [0.3, 0.4) is 0 Å². The van der Waals surface area contributed by atoms with E-state index in [1.165, 1.54) is 23.3 Å². The highest BCUT2D eigenvalue weighted by Gasteiger charge is 2.40. The van der Waals surface area contributed by atoms with E-state index in [0.717, 1.165) is 30.1 Å². The molecule has 4 nitrogen and oxygen atoms in total. The molecule has 118 valence electrons. The summed E-state index contributed by atoms with van der Waals surface area (Å²) in [7, 11) is 0. The van der Waals surface area contributed by atoms with Gasteiger partial charge in [0.05, 0.1) is 11.9 Å². The van der Waals surface area contributed by atoms with Crippen molar-refractivity contribution in [3.05, 3.63) is 16.0 Å². The molecule has 0 spiro atoms. The molecule has 0 saturated carbocycles. The molecular formula is C17H24N4S. The monoisotopic (exact) mass is 316 g/mol. The fourth-order valence-electron chi connectivity index (χ4n) is 3.71. The van der Waals surface area contributed by atoms with E-state index in [2.05, 4.69) is 49.0 Å². The van der Waals surface area contributed by atoms with Crippen LogP contribution in [0, 0.1) is 11.3 Å². The fourth-order valence-corrected chi connectivity index (χ4v) is 4.88. The Labute approximate surface area is 136 Å². The quantitative estimate of drug-likeness (QED) is 0.671. The Morgan fingerprint density at radius 2 is 1.95 bits per heavy atom. The number of nitrogens with one attached hydrogen (secondary N) is 1. The van der Waals surface area contributed by atoms with E-state index in [1.807, 2.05) is 6.34 Å². The summed E-state index contributed by atoms with van der Waals surface area (Å²) in [6.45, 7) is 10.9. The van der Waals surface area contributed by atoms with Gasteiger partial charge in [0.25, 0.3) is 0 Å². The molecule has 0 aromatic carbocycles. The van der Waals surface area contributed by atoms with Crippen molar-refractivity contribution in [2.24, 2.45) is 4.99 Å². The van der Waals surface area contributed by atoms with Crippen molar-refractivity contribution in [1.82, 2.24) is 10.2 Å². The Balaban J connectivity index is 2.00. The summed E-state index contributed by atoms with van der Waals surface area (Å²) in [6.07, 6.45) is 5.29.